The van der Waals surface area contributed by atoms with Crippen molar-refractivity contribution < 1.29 is 13.7 Å². The molecule has 1 unspecified atom stereocenters. The topological polar surface area (TPSA) is 79.6 Å². The van der Waals surface area contributed by atoms with E-state index >= 15 is 0 Å². The van der Waals surface area contributed by atoms with Crippen molar-refractivity contribution in [2.75, 3.05) is 7.11 Å². The molecule has 7 nitrogen and oxygen atoms in total. The molecule has 1 atom stereocenters. The number of imidazole rings is 1. The monoisotopic (exact) mass is 418 g/mol. The van der Waals surface area contributed by atoms with Crippen LogP contribution in [-0.4, -0.2) is 26.9 Å². The highest BCUT2D eigenvalue weighted by Gasteiger charge is 2.19. The van der Waals surface area contributed by atoms with E-state index < -0.39 is 0 Å². The number of aryl methyl sites for hydroxylation is 1. The van der Waals surface area contributed by atoms with Crippen LogP contribution in [0.3, 0.4) is 0 Å². The molecular weight excluding hydrogens is 397 g/mol. The second kappa shape index (κ2) is 7.09. The predicted molar refractivity (Wildman–Crippen MR) is 115 cm³/mol. The summed E-state index contributed by atoms with van der Waals surface area (Å²) < 4.78 is 22.2. The average Bonchev–Trinajstić information content (AvgIpc) is 3.36. The first-order chi connectivity index (χ1) is 15.0. The van der Waals surface area contributed by atoms with Crippen LogP contribution >= 0.6 is 0 Å². The van der Waals surface area contributed by atoms with Crippen molar-refractivity contribution in [3.05, 3.63) is 82.5 Å². The second-order valence-corrected chi connectivity index (χ2v) is 7.60. The fraction of sp³-hybridized carbons (Fsp3) is 0.174. The zero-order valence-corrected chi connectivity index (χ0v) is 17.3. The number of benzene rings is 2. The summed E-state index contributed by atoms with van der Waals surface area (Å²) in [5, 5.41) is 6.04. The molecule has 0 aliphatic rings. The molecule has 0 aliphatic heterocycles. The van der Waals surface area contributed by atoms with E-state index in [1.807, 2.05) is 43.1 Å². The van der Waals surface area contributed by atoms with Crippen molar-refractivity contribution in [1.29, 1.82) is 0 Å². The molecule has 3 aromatic heterocycles. The van der Waals surface area contributed by atoms with Crippen LogP contribution in [0.25, 0.3) is 27.5 Å². The van der Waals surface area contributed by atoms with Gasteiger partial charge in [0.15, 0.2) is 11.4 Å². The molecule has 0 aliphatic carbocycles. The number of ether oxygens (including phenoxy) is 1. The Morgan fingerprint density at radius 2 is 1.97 bits per heavy atom. The van der Waals surface area contributed by atoms with E-state index in [-0.39, 0.29) is 17.4 Å². The van der Waals surface area contributed by atoms with Crippen molar-refractivity contribution in [3.8, 4) is 11.4 Å². The maximum atomic E-state index is 13.3. The zero-order valence-electron chi connectivity index (χ0n) is 17.3. The number of hydrogen-bond acceptors (Lipinski definition) is 3. The van der Waals surface area contributed by atoms with Gasteiger partial charge in [-0.05, 0) is 30.7 Å². The van der Waals surface area contributed by atoms with Gasteiger partial charge in [-0.3, -0.25) is 4.79 Å². The van der Waals surface area contributed by atoms with E-state index in [0.717, 1.165) is 33.2 Å². The Bertz CT molecular complexity index is 1480. The SMILES string of the molecule is COc1cc2[nH]c3c(=O)n(C(C)c4ccc(F)cc4)ncc3c2cc1-[n+]1c[nH]c(C)c1. The van der Waals surface area contributed by atoms with Gasteiger partial charge in [0.05, 0.1) is 24.9 Å². The Morgan fingerprint density at radius 1 is 1.19 bits per heavy atom. The summed E-state index contributed by atoms with van der Waals surface area (Å²) in [5.74, 6) is 0.360. The highest BCUT2D eigenvalue weighted by molar-refractivity contribution is 6.07. The van der Waals surface area contributed by atoms with Gasteiger partial charge in [-0.2, -0.15) is 9.67 Å². The molecule has 2 aromatic carbocycles. The molecule has 3 heterocycles. The fourth-order valence-corrected chi connectivity index (χ4v) is 3.94. The Hall–Kier alpha value is -3.94. The standard InChI is InChI=1S/C23H20FN5O2/c1-13-11-28(12-25-13)20-8-17-18-10-26-29(14(2)15-4-6-16(24)7-5-15)23(30)22(18)27-19(17)9-21(20)31-3/h4-12,14H,1-3H3,(H,26,27,30)/p+1. The molecule has 31 heavy (non-hydrogen) atoms. The molecular formula is C23H21FN5O2+. The summed E-state index contributed by atoms with van der Waals surface area (Å²) in [7, 11) is 1.62. The van der Waals surface area contributed by atoms with Crippen molar-refractivity contribution in [1.82, 2.24) is 19.7 Å². The number of methoxy groups -OCH3 is 1. The minimum absolute atomic E-state index is 0.240. The van der Waals surface area contributed by atoms with Crippen LogP contribution in [0.5, 0.6) is 5.75 Å². The second-order valence-electron chi connectivity index (χ2n) is 7.60. The summed E-state index contributed by atoms with van der Waals surface area (Å²) >= 11 is 0. The molecule has 0 bridgehead atoms. The van der Waals surface area contributed by atoms with Gasteiger partial charge in [-0.15, -0.1) is 0 Å². The normalized spacial score (nSPS) is 12.5. The molecule has 2 N–H and O–H groups in total. The molecule has 5 rings (SSSR count). The van der Waals surface area contributed by atoms with Crippen LogP contribution in [-0.2, 0) is 0 Å². The maximum Gasteiger partial charge on any atom is 0.291 e. The van der Waals surface area contributed by atoms with Crippen LogP contribution < -0.4 is 14.9 Å². The fourth-order valence-electron chi connectivity index (χ4n) is 3.94. The first-order valence-electron chi connectivity index (χ1n) is 9.89. The zero-order chi connectivity index (χ0) is 21.7. The van der Waals surface area contributed by atoms with E-state index in [1.54, 1.807) is 25.4 Å². The van der Waals surface area contributed by atoms with E-state index in [0.29, 0.717) is 11.3 Å². The molecule has 5 aromatic rings. The molecule has 8 heteroatoms. The van der Waals surface area contributed by atoms with Crippen LogP contribution in [0, 0.1) is 12.7 Å². The summed E-state index contributed by atoms with van der Waals surface area (Å²) in [4.78, 5) is 19.6. The van der Waals surface area contributed by atoms with E-state index in [4.69, 9.17) is 4.74 Å². The first-order valence-corrected chi connectivity index (χ1v) is 9.89. The van der Waals surface area contributed by atoms with Crippen molar-refractivity contribution in [2.24, 2.45) is 0 Å². The van der Waals surface area contributed by atoms with Gasteiger partial charge in [-0.25, -0.2) is 14.1 Å². The third-order valence-electron chi connectivity index (χ3n) is 5.63. The van der Waals surface area contributed by atoms with Crippen LogP contribution in [0.15, 0.2) is 59.9 Å². The highest BCUT2D eigenvalue weighted by atomic mass is 19.1. The Labute approximate surface area is 176 Å². The summed E-state index contributed by atoms with van der Waals surface area (Å²) in [6, 6.07) is 9.61. The molecule has 0 saturated carbocycles. The van der Waals surface area contributed by atoms with Crippen molar-refractivity contribution in [2.45, 2.75) is 19.9 Å². The Balaban J connectivity index is 1.69. The number of H-pyrrole nitrogens is 2. The lowest BCUT2D eigenvalue weighted by Gasteiger charge is -2.14. The summed E-state index contributed by atoms with van der Waals surface area (Å²) in [6.07, 6.45) is 5.51. The van der Waals surface area contributed by atoms with Crippen LogP contribution in [0.2, 0.25) is 0 Å². The molecule has 0 amide bonds. The third kappa shape index (κ3) is 3.07. The van der Waals surface area contributed by atoms with E-state index in [9.17, 15) is 9.18 Å². The van der Waals surface area contributed by atoms with Crippen LogP contribution in [0.1, 0.15) is 24.2 Å². The average molecular weight is 418 g/mol. The predicted octanol–water partition coefficient (Wildman–Crippen LogP) is 3.55. The minimum atomic E-state index is -0.340. The number of nitrogens with one attached hydrogen (secondary N) is 2. The van der Waals surface area contributed by atoms with Gasteiger partial charge in [-0.1, -0.05) is 12.1 Å². The van der Waals surface area contributed by atoms with Gasteiger partial charge in [0.1, 0.15) is 23.2 Å². The molecule has 0 fully saturated rings. The lowest BCUT2D eigenvalue weighted by Crippen LogP contribution is -2.27. The highest BCUT2D eigenvalue weighted by Crippen LogP contribution is 2.30. The smallest absolute Gasteiger partial charge is 0.291 e. The van der Waals surface area contributed by atoms with Crippen LogP contribution in [0.4, 0.5) is 4.39 Å². The van der Waals surface area contributed by atoms with E-state index in [1.165, 1.54) is 16.8 Å². The van der Waals surface area contributed by atoms with Gasteiger partial charge >= 0.3 is 0 Å². The molecule has 0 saturated heterocycles. The van der Waals surface area contributed by atoms with E-state index in [2.05, 4.69) is 15.1 Å². The number of aromatic nitrogens is 5. The van der Waals surface area contributed by atoms with Crippen molar-refractivity contribution >= 4 is 21.8 Å². The number of hydrogen-bond donors (Lipinski definition) is 2. The first kappa shape index (κ1) is 19.0. The lowest BCUT2D eigenvalue weighted by atomic mass is 10.1. The largest absolute Gasteiger partial charge is 0.492 e. The van der Waals surface area contributed by atoms with Gasteiger partial charge in [0.25, 0.3) is 5.56 Å². The molecule has 0 spiro atoms. The quantitative estimate of drug-likeness (QED) is 0.438. The number of fused-ring (bicyclic) bond motifs is 3. The summed E-state index contributed by atoms with van der Waals surface area (Å²) in [6.45, 7) is 3.84. The van der Waals surface area contributed by atoms with Gasteiger partial charge < -0.3 is 9.72 Å². The Kier molecular flexibility index (Phi) is 4.35. The lowest BCUT2D eigenvalue weighted by molar-refractivity contribution is -0.594. The third-order valence-corrected chi connectivity index (χ3v) is 5.63. The number of rotatable bonds is 4. The minimum Gasteiger partial charge on any atom is -0.492 e. The Morgan fingerprint density at radius 3 is 2.65 bits per heavy atom. The maximum absolute atomic E-state index is 13.3. The molecule has 0 radical (unpaired) electrons. The number of aromatic amines is 2. The van der Waals surface area contributed by atoms with Crippen molar-refractivity contribution in [3.63, 3.8) is 0 Å². The number of nitrogens with zero attached hydrogens (tertiary/aromatic N) is 3. The van der Waals surface area contributed by atoms with Gasteiger partial charge in [0, 0.05) is 23.8 Å². The molecule has 156 valence electrons. The van der Waals surface area contributed by atoms with Gasteiger partial charge in [0.2, 0.25) is 6.33 Å². The number of halogens is 1. The summed E-state index contributed by atoms with van der Waals surface area (Å²) in [5.41, 5.74) is 3.68.